The van der Waals surface area contributed by atoms with Crippen LogP contribution in [-0.2, 0) is 9.47 Å². The van der Waals surface area contributed by atoms with E-state index < -0.39 is 0 Å². The number of nitrogens with zero attached hydrogens (tertiary/aromatic N) is 4. The van der Waals surface area contributed by atoms with E-state index in [1.165, 1.54) is 5.56 Å². The molecular weight excluding hydrogens is 402 g/mol. The highest BCUT2D eigenvalue weighted by molar-refractivity contribution is 5.80. The lowest BCUT2D eigenvalue weighted by atomic mass is 9.97. The van der Waals surface area contributed by atoms with Crippen LogP contribution in [-0.4, -0.2) is 106 Å². The van der Waals surface area contributed by atoms with Crippen LogP contribution in [0.15, 0.2) is 35.3 Å². The molecule has 0 bridgehead atoms. The molecule has 1 aromatic carbocycles. The molecule has 4 rings (SSSR count). The number of hydrogen-bond acceptors (Lipinski definition) is 5. The van der Waals surface area contributed by atoms with Crippen molar-refractivity contribution in [2.24, 2.45) is 10.9 Å². The van der Waals surface area contributed by atoms with Gasteiger partial charge in [-0.15, -0.1) is 0 Å². The van der Waals surface area contributed by atoms with E-state index in [9.17, 15) is 0 Å². The second-order valence-corrected chi connectivity index (χ2v) is 9.13. The van der Waals surface area contributed by atoms with Crippen LogP contribution in [0.5, 0.6) is 0 Å². The number of morpholine rings is 1. The first-order valence-corrected chi connectivity index (χ1v) is 12.4. The van der Waals surface area contributed by atoms with Crippen molar-refractivity contribution < 1.29 is 9.47 Å². The summed E-state index contributed by atoms with van der Waals surface area (Å²) >= 11 is 0. The molecule has 1 N–H and O–H groups in total. The zero-order valence-corrected chi connectivity index (χ0v) is 19.9. The molecule has 0 aliphatic carbocycles. The van der Waals surface area contributed by atoms with Gasteiger partial charge in [0.15, 0.2) is 5.96 Å². The molecule has 0 amide bonds. The van der Waals surface area contributed by atoms with Crippen LogP contribution in [0.1, 0.15) is 31.4 Å². The van der Waals surface area contributed by atoms with Gasteiger partial charge in [-0.3, -0.25) is 14.8 Å². The van der Waals surface area contributed by atoms with Crippen LogP contribution in [0.2, 0.25) is 0 Å². The van der Waals surface area contributed by atoms with E-state index in [1.54, 1.807) is 0 Å². The predicted molar refractivity (Wildman–Crippen MR) is 129 cm³/mol. The Kier molecular flexibility index (Phi) is 8.79. The largest absolute Gasteiger partial charge is 0.381 e. The molecule has 3 atom stereocenters. The van der Waals surface area contributed by atoms with Gasteiger partial charge in [0.2, 0.25) is 0 Å². The number of piperazine rings is 1. The third kappa shape index (κ3) is 5.81. The van der Waals surface area contributed by atoms with Gasteiger partial charge in [-0.25, -0.2) is 0 Å². The van der Waals surface area contributed by atoms with Crippen molar-refractivity contribution in [3.05, 3.63) is 35.9 Å². The van der Waals surface area contributed by atoms with E-state index in [4.69, 9.17) is 9.47 Å². The fraction of sp³-hybridized carbons (Fsp3) is 0.720. The molecule has 7 heteroatoms. The Morgan fingerprint density at radius 3 is 2.38 bits per heavy atom. The fourth-order valence-corrected chi connectivity index (χ4v) is 5.51. The molecule has 3 aliphatic heterocycles. The Labute approximate surface area is 193 Å². The minimum Gasteiger partial charge on any atom is -0.381 e. The highest BCUT2D eigenvalue weighted by atomic mass is 16.5. The number of ether oxygens (including phenoxy) is 2. The van der Waals surface area contributed by atoms with Gasteiger partial charge < -0.3 is 19.7 Å². The Morgan fingerprint density at radius 1 is 1.00 bits per heavy atom. The highest BCUT2D eigenvalue weighted by Gasteiger charge is 2.32. The SMILES string of the molecule is CCC(c1ccccc1)N1CCN(C(=NC)NCC(C2CCOC2)N2CCOCC2)CC1. The maximum atomic E-state index is 5.73. The molecule has 3 saturated heterocycles. The van der Waals surface area contributed by atoms with Gasteiger partial charge in [0.1, 0.15) is 0 Å². The van der Waals surface area contributed by atoms with Gasteiger partial charge in [-0.1, -0.05) is 37.3 Å². The van der Waals surface area contributed by atoms with Crippen LogP contribution in [0, 0.1) is 5.92 Å². The van der Waals surface area contributed by atoms with Gasteiger partial charge in [0.05, 0.1) is 19.8 Å². The number of hydrogen-bond donors (Lipinski definition) is 1. The van der Waals surface area contributed by atoms with Crippen LogP contribution in [0.3, 0.4) is 0 Å². The average Bonchev–Trinajstić information content (AvgIpc) is 3.39. The standard InChI is InChI=1S/C25H41N5O2/c1-3-23(21-7-5-4-6-8-21)28-10-12-30(13-11-28)25(26-2)27-19-24(22-9-16-32-20-22)29-14-17-31-18-15-29/h4-8,22-24H,3,9-20H2,1-2H3,(H,26,27). The van der Waals surface area contributed by atoms with Crippen LogP contribution in [0.4, 0.5) is 0 Å². The molecule has 0 aromatic heterocycles. The second-order valence-electron chi connectivity index (χ2n) is 9.13. The first-order chi connectivity index (χ1) is 15.8. The van der Waals surface area contributed by atoms with Gasteiger partial charge >= 0.3 is 0 Å². The molecule has 3 unspecified atom stereocenters. The average molecular weight is 444 g/mol. The van der Waals surface area contributed by atoms with Gasteiger partial charge in [0.25, 0.3) is 0 Å². The van der Waals surface area contributed by atoms with Crippen molar-refractivity contribution in [2.45, 2.75) is 31.8 Å². The van der Waals surface area contributed by atoms with Gasteiger partial charge in [0, 0.05) is 77.5 Å². The quantitative estimate of drug-likeness (QED) is 0.514. The fourth-order valence-electron chi connectivity index (χ4n) is 5.51. The number of guanidine groups is 1. The molecule has 32 heavy (non-hydrogen) atoms. The number of nitrogens with one attached hydrogen (secondary N) is 1. The summed E-state index contributed by atoms with van der Waals surface area (Å²) < 4.78 is 11.3. The lowest BCUT2D eigenvalue weighted by molar-refractivity contribution is 0.00226. The predicted octanol–water partition coefficient (Wildman–Crippen LogP) is 2.07. The van der Waals surface area contributed by atoms with E-state index in [0.717, 1.165) is 91.0 Å². The molecule has 1 aromatic rings. The van der Waals surface area contributed by atoms with Crippen molar-refractivity contribution in [3.63, 3.8) is 0 Å². The van der Waals surface area contributed by atoms with Crippen LogP contribution in [0.25, 0.3) is 0 Å². The Balaban J connectivity index is 1.32. The Morgan fingerprint density at radius 2 is 1.75 bits per heavy atom. The molecule has 178 valence electrons. The lowest BCUT2D eigenvalue weighted by Gasteiger charge is -2.41. The van der Waals surface area contributed by atoms with E-state index >= 15 is 0 Å². The van der Waals surface area contributed by atoms with E-state index in [0.29, 0.717) is 18.0 Å². The summed E-state index contributed by atoms with van der Waals surface area (Å²) in [5.74, 6) is 1.63. The Hall–Kier alpha value is -1.67. The number of aliphatic imine (C=N–C) groups is 1. The summed E-state index contributed by atoms with van der Waals surface area (Å²) in [5.41, 5.74) is 1.43. The molecule has 7 nitrogen and oxygen atoms in total. The zero-order valence-electron chi connectivity index (χ0n) is 19.9. The summed E-state index contributed by atoms with van der Waals surface area (Å²) in [7, 11) is 1.91. The maximum Gasteiger partial charge on any atom is 0.193 e. The Bertz CT molecular complexity index is 696. The maximum absolute atomic E-state index is 5.73. The van der Waals surface area contributed by atoms with Crippen molar-refractivity contribution >= 4 is 5.96 Å². The summed E-state index contributed by atoms with van der Waals surface area (Å²) in [6, 6.07) is 11.9. The van der Waals surface area contributed by atoms with Crippen LogP contribution >= 0.6 is 0 Å². The van der Waals surface area contributed by atoms with Crippen molar-refractivity contribution in [1.82, 2.24) is 20.0 Å². The smallest absolute Gasteiger partial charge is 0.193 e. The van der Waals surface area contributed by atoms with Crippen LogP contribution < -0.4 is 5.32 Å². The van der Waals surface area contributed by atoms with Crippen molar-refractivity contribution in [2.75, 3.05) is 79.3 Å². The monoisotopic (exact) mass is 443 g/mol. The molecule has 3 aliphatic rings. The molecule has 0 saturated carbocycles. The van der Waals surface area contributed by atoms with E-state index in [1.807, 2.05) is 7.05 Å². The topological polar surface area (TPSA) is 52.6 Å². The third-order valence-electron chi connectivity index (χ3n) is 7.33. The molecule has 0 spiro atoms. The lowest BCUT2D eigenvalue weighted by Crippen LogP contribution is -2.56. The summed E-state index contributed by atoms with van der Waals surface area (Å²) in [6.07, 6.45) is 2.29. The molecular formula is C25H41N5O2. The summed E-state index contributed by atoms with van der Waals surface area (Å²) in [6.45, 7) is 12.8. The third-order valence-corrected chi connectivity index (χ3v) is 7.33. The number of benzene rings is 1. The van der Waals surface area contributed by atoms with E-state index in [2.05, 4.69) is 62.3 Å². The second kappa shape index (κ2) is 12.0. The molecule has 3 heterocycles. The zero-order chi connectivity index (χ0) is 22.2. The van der Waals surface area contributed by atoms with Crippen molar-refractivity contribution in [3.8, 4) is 0 Å². The summed E-state index contributed by atoms with van der Waals surface area (Å²) in [5, 5.41) is 3.72. The highest BCUT2D eigenvalue weighted by Crippen LogP contribution is 2.25. The summed E-state index contributed by atoms with van der Waals surface area (Å²) in [4.78, 5) is 12.3. The first-order valence-electron chi connectivity index (χ1n) is 12.4. The number of rotatable bonds is 7. The minimum absolute atomic E-state index is 0.474. The normalized spacial score (nSPS) is 25.6. The van der Waals surface area contributed by atoms with Crippen molar-refractivity contribution in [1.29, 1.82) is 0 Å². The minimum atomic E-state index is 0.474. The van der Waals surface area contributed by atoms with E-state index in [-0.39, 0.29) is 0 Å². The molecule has 0 radical (unpaired) electrons. The van der Waals surface area contributed by atoms with Gasteiger partial charge in [-0.05, 0) is 18.4 Å². The first kappa shape index (κ1) is 23.5. The molecule has 3 fully saturated rings. The van der Waals surface area contributed by atoms with Gasteiger partial charge in [-0.2, -0.15) is 0 Å².